The predicted molar refractivity (Wildman–Crippen MR) is 94.9 cm³/mol. The third kappa shape index (κ3) is 5.60. The van der Waals surface area contributed by atoms with Crippen molar-refractivity contribution >= 4 is 39.1 Å². The lowest BCUT2D eigenvalue weighted by atomic mass is 10.4. The van der Waals surface area contributed by atoms with Gasteiger partial charge in [-0.15, -0.1) is 0 Å². The molecule has 2 rings (SSSR count). The second kappa shape index (κ2) is 8.49. The Morgan fingerprint density at radius 3 is 2.46 bits per heavy atom. The fourth-order valence-corrected chi connectivity index (χ4v) is 4.44. The van der Waals surface area contributed by atoms with Gasteiger partial charge in [0.15, 0.2) is 0 Å². The molecule has 0 saturated heterocycles. The van der Waals surface area contributed by atoms with E-state index in [-0.39, 0.29) is 33.8 Å². The van der Waals surface area contributed by atoms with Crippen molar-refractivity contribution in [1.29, 1.82) is 0 Å². The van der Waals surface area contributed by atoms with Gasteiger partial charge >= 0.3 is 0 Å². The maximum Gasteiger partial charge on any atom is 0.243 e. The molecule has 2 N–H and O–H groups in total. The summed E-state index contributed by atoms with van der Waals surface area (Å²) in [4.78, 5) is 13.8. The highest BCUT2D eigenvalue weighted by Crippen LogP contribution is 2.28. The molecule has 0 heterocycles. The van der Waals surface area contributed by atoms with Gasteiger partial charge in [-0.25, -0.2) is 13.1 Å². The minimum Gasteiger partial charge on any atom is -0.355 e. The molecule has 1 fully saturated rings. The van der Waals surface area contributed by atoms with E-state index in [9.17, 15) is 13.2 Å². The van der Waals surface area contributed by atoms with E-state index in [0.717, 1.165) is 6.54 Å². The van der Waals surface area contributed by atoms with E-state index in [1.165, 1.54) is 25.0 Å². The molecule has 0 bridgehead atoms. The SMILES string of the molecule is CN(CCNC(=O)CCNS(=O)(=O)c1c(Cl)cccc1Cl)C1CC1. The summed E-state index contributed by atoms with van der Waals surface area (Å²) in [6.45, 7) is 1.32. The lowest BCUT2D eigenvalue weighted by molar-refractivity contribution is -0.120. The average molecular weight is 394 g/mol. The van der Waals surface area contributed by atoms with Crippen LogP contribution in [0, 0.1) is 0 Å². The molecule has 1 aromatic rings. The van der Waals surface area contributed by atoms with Crippen LogP contribution in [-0.2, 0) is 14.8 Å². The first-order valence-corrected chi connectivity index (χ1v) is 9.96. The molecule has 0 unspecified atom stereocenters. The van der Waals surface area contributed by atoms with Crippen LogP contribution in [-0.4, -0.2) is 51.9 Å². The van der Waals surface area contributed by atoms with Crippen molar-refractivity contribution < 1.29 is 13.2 Å². The van der Waals surface area contributed by atoms with Gasteiger partial charge in [0.25, 0.3) is 0 Å². The summed E-state index contributed by atoms with van der Waals surface area (Å²) < 4.78 is 26.8. The van der Waals surface area contributed by atoms with Crippen molar-refractivity contribution in [2.45, 2.75) is 30.2 Å². The normalized spacial score (nSPS) is 14.8. The van der Waals surface area contributed by atoms with E-state index in [1.807, 2.05) is 7.05 Å². The molecule has 1 amide bonds. The van der Waals surface area contributed by atoms with Crippen LogP contribution in [0.5, 0.6) is 0 Å². The number of carbonyl (C=O) groups is 1. The molecule has 0 aromatic heterocycles. The lowest BCUT2D eigenvalue weighted by Gasteiger charge is -2.15. The largest absolute Gasteiger partial charge is 0.355 e. The van der Waals surface area contributed by atoms with E-state index < -0.39 is 10.0 Å². The zero-order valence-electron chi connectivity index (χ0n) is 13.4. The molecular formula is C15H21Cl2N3O3S. The maximum absolute atomic E-state index is 12.2. The zero-order valence-corrected chi connectivity index (χ0v) is 15.7. The summed E-state index contributed by atoms with van der Waals surface area (Å²) in [6, 6.07) is 5.11. The molecule has 9 heteroatoms. The number of sulfonamides is 1. The topological polar surface area (TPSA) is 78.5 Å². The van der Waals surface area contributed by atoms with Gasteiger partial charge in [0.1, 0.15) is 4.90 Å². The molecule has 134 valence electrons. The Balaban J connectivity index is 1.75. The van der Waals surface area contributed by atoms with E-state index in [4.69, 9.17) is 23.2 Å². The standard InChI is InChI=1S/C15H21Cl2N3O3S/c1-20(11-5-6-11)10-9-18-14(21)7-8-19-24(22,23)15-12(16)3-2-4-13(15)17/h2-4,11,19H,5-10H2,1H3,(H,18,21). The summed E-state index contributed by atoms with van der Waals surface area (Å²) in [5.74, 6) is -0.202. The van der Waals surface area contributed by atoms with Crippen LogP contribution in [0.3, 0.4) is 0 Å². The second-order valence-electron chi connectivity index (χ2n) is 5.76. The van der Waals surface area contributed by atoms with Crippen LogP contribution < -0.4 is 10.0 Å². The summed E-state index contributed by atoms with van der Waals surface area (Å²) in [7, 11) is -1.82. The highest BCUT2D eigenvalue weighted by molar-refractivity contribution is 7.89. The number of rotatable bonds is 9. The van der Waals surface area contributed by atoms with Gasteiger partial charge < -0.3 is 10.2 Å². The first-order chi connectivity index (χ1) is 11.3. The van der Waals surface area contributed by atoms with Gasteiger partial charge in [-0.1, -0.05) is 29.3 Å². The molecule has 1 aromatic carbocycles. The van der Waals surface area contributed by atoms with Crippen molar-refractivity contribution in [3.05, 3.63) is 28.2 Å². The molecule has 0 atom stereocenters. The average Bonchev–Trinajstić information content (AvgIpc) is 3.31. The number of hydrogen-bond donors (Lipinski definition) is 2. The number of likely N-dealkylation sites (N-methyl/N-ethyl adjacent to an activating group) is 1. The Morgan fingerprint density at radius 2 is 1.88 bits per heavy atom. The Morgan fingerprint density at radius 1 is 1.25 bits per heavy atom. The molecule has 1 aliphatic carbocycles. The quantitative estimate of drug-likeness (QED) is 0.671. The zero-order chi connectivity index (χ0) is 17.7. The molecular weight excluding hydrogens is 373 g/mol. The molecule has 1 saturated carbocycles. The second-order valence-corrected chi connectivity index (χ2v) is 8.28. The summed E-state index contributed by atoms with van der Waals surface area (Å²) in [5, 5.41) is 2.87. The molecule has 0 aliphatic heterocycles. The van der Waals surface area contributed by atoms with Crippen LogP contribution in [0.4, 0.5) is 0 Å². The third-order valence-electron chi connectivity index (χ3n) is 3.79. The van der Waals surface area contributed by atoms with Crippen LogP contribution in [0.25, 0.3) is 0 Å². The Bertz CT molecular complexity index is 673. The first-order valence-electron chi connectivity index (χ1n) is 7.72. The van der Waals surface area contributed by atoms with Crippen molar-refractivity contribution in [2.75, 3.05) is 26.7 Å². The number of amides is 1. The number of nitrogens with one attached hydrogen (secondary N) is 2. The van der Waals surface area contributed by atoms with Crippen LogP contribution >= 0.6 is 23.2 Å². The molecule has 6 nitrogen and oxygen atoms in total. The smallest absolute Gasteiger partial charge is 0.243 e. The van der Waals surface area contributed by atoms with Gasteiger partial charge in [0, 0.05) is 32.1 Å². The lowest BCUT2D eigenvalue weighted by Crippen LogP contribution is -2.35. The van der Waals surface area contributed by atoms with Crippen LogP contribution in [0.1, 0.15) is 19.3 Å². The molecule has 0 radical (unpaired) electrons. The van der Waals surface area contributed by atoms with Crippen LogP contribution in [0.15, 0.2) is 23.1 Å². The van der Waals surface area contributed by atoms with Gasteiger partial charge in [0.2, 0.25) is 15.9 Å². The van der Waals surface area contributed by atoms with Crippen molar-refractivity contribution in [3.8, 4) is 0 Å². The summed E-state index contributed by atoms with van der Waals surface area (Å²) in [5.41, 5.74) is 0. The van der Waals surface area contributed by atoms with Crippen molar-refractivity contribution in [3.63, 3.8) is 0 Å². The monoisotopic (exact) mass is 393 g/mol. The van der Waals surface area contributed by atoms with E-state index >= 15 is 0 Å². The Hall–Kier alpha value is -0.860. The van der Waals surface area contributed by atoms with Crippen molar-refractivity contribution in [1.82, 2.24) is 14.9 Å². The highest BCUT2D eigenvalue weighted by Gasteiger charge is 2.25. The van der Waals surface area contributed by atoms with Crippen molar-refractivity contribution in [2.24, 2.45) is 0 Å². The van der Waals surface area contributed by atoms with Gasteiger partial charge in [-0.05, 0) is 32.0 Å². The fraction of sp³-hybridized carbons (Fsp3) is 0.533. The fourth-order valence-electron chi connectivity index (χ4n) is 2.27. The van der Waals surface area contributed by atoms with Gasteiger partial charge in [0.05, 0.1) is 10.0 Å². The summed E-state index contributed by atoms with van der Waals surface area (Å²) >= 11 is 11.8. The predicted octanol–water partition coefficient (Wildman–Crippen LogP) is 1.87. The molecule has 0 spiro atoms. The number of hydrogen-bond acceptors (Lipinski definition) is 4. The number of benzene rings is 1. The molecule has 1 aliphatic rings. The summed E-state index contributed by atoms with van der Waals surface area (Å²) in [6.07, 6.45) is 2.49. The maximum atomic E-state index is 12.2. The Labute approximate surface area is 152 Å². The van der Waals surface area contributed by atoms with E-state index in [2.05, 4.69) is 14.9 Å². The first kappa shape index (κ1) is 19.5. The van der Waals surface area contributed by atoms with E-state index in [1.54, 1.807) is 6.07 Å². The van der Waals surface area contributed by atoms with Gasteiger partial charge in [-0.2, -0.15) is 0 Å². The Kier molecular flexibility index (Phi) is 6.88. The number of nitrogens with zero attached hydrogens (tertiary/aromatic N) is 1. The molecule has 24 heavy (non-hydrogen) atoms. The third-order valence-corrected chi connectivity index (χ3v) is 6.20. The van der Waals surface area contributed by atoms with E-state index in [0.29, 0.717) is 12.6 Å². The number of carbonyl (C=O) groups excluding carboxylic acids is 1. The number of halogens is 2. The minimum absolute atomic E-state index is 0.0197. The van der Waals surface area contributed by atoms with Gasteiger partial charge in [-0.3, -0.25) is 4.79 Å². The highest BCUT2D eigenvalue weighted by atomic mass is 35.5. The minimum atomic E-state index is -3.86. The van der Waals surface area contributed by atoms with Crippen LogP contribution in [0.2, 0.25) is 10.0 Å².